The molecule has 0 radical (unpaired) electrons. The first kappa shape index (κ1) is 17.2. The van der Waals surface area contributed by atoms with Gasteiger partial charge in [0.1, 0.15) is 0 Å². The van der Waals surface area contributed by atoms with E-state index in [1.807, 2.05) is 6.92 Å². The number of carbonyl (C=O) groups is 1. The van der Waals surface area contributed by atoms with Crippen LogP contribution in [0.3, 0.4) is 0 Å². The zero-order valence-electron chi connectivity index (χ0n) is 11.5. The third kappa shape index (κ3) is 5.66. The SMILES string of the molecule is CCOc1c(Br)cc(Cl)cc1NC(=O)CNCCOC. The number of ether oxygens (including phenoxy) is 2. The lowest BCUT2D eigenvalue weighted by Crippen LogP contribution is -2.30. The van der Waals surface area contributed by atoms with Crippen LogP contribution < -0.4 is 15.4 Å². The maximum absolute atomic E-state index is 11.8. The van der Waals surface area contributed by atoms with Gasteiger partial charge in [0.15, 0.2) is 5.75 Å². The van der Waals surface area contributed by atoms with Crippen LogP contribution in [0.25, 0.3) is 0 Å². The molecule has 5 nitrogen and oxygen atoms in total. The molecule has 0 aliphatic carbocycles. The average Bonchev–Trinajstić information content (AvgIpc) is 2.39. The zero-order valence-corrected chi connectivity index (χ0v) is 13.8. The van der Waals surface area contributed by atoms with Crippen LogP contribution in [0.4, 0.5) is 5.69 Å². The van der Waals surface area contributed by atoms with E-state index in [9.17, 15) is 4.79 Å². The number of benzene rings is 1. The van der Waals surface area contributed by atoms with E-state index >= 15 is 0 Å². The first-order valence-electron chi connectivity index (χ1n) is 6.19. The summed E-state index contributed by atoms with van der Waals surface area (Å²) in [7, 11) is 1.61. The normalized spacial score (nSPS) is 10.4. The van der Waals surface area contributed by atoms with Crippen molar-refractivity contribution in [1.29, 1.82) is 0 Å². The first-order valence-corrected chi connectivity index (χ1v) is 7.37. The molecule has 0 atom stereocenters. The highest BCUT2D eigenvalue weighted by atomic mass is 79.9. The number of hydrogen-bond donors (Lipinski definition) is 2. The molecule has 0 aromatic heterocycles. The summed E-state index contributed by atoms with van der Waals surface area (Å²) < 4.78 is 11.1. The first-order chi connectivity index (χ1) is 9.58. The lowest BCUT2D eigenvalue weighted by molar-refractivity contribution is -0.115. The van der Waals surface area contributed by atoms with E-state index in [4.69, 9.17) is 21.1 Å². The van der Waals surface area contributed by atoms with Gasteiger partial charge < -0.3 is 20.1 Å². The maximum Gasteiger partial charge on any atom is 0.238 e. The fraction of sp³-hybridized carbons (Fsp3) is 0.462. The highest BCUT2D eigenvalue weighted by molar-refractivity contribution is 9.10. The Hall–Kier alpha value is -0.820. The second-order valence-electron chi connectivity index (χ2n) is 3.92. The molecule has 2 N–H and O–H groups in total. The Morgan fingerprint density at radius 1 is 1.45 bits per heavy atom. The van der Waals surface area contributed by atoms with Crippen LogP contribution in [-0.4, -0.2) is 39.3 Å². The van der Waals surface area contributed by atoms with Crippen LogP contribution in [0, 0.1) is 0 Å². The Balaban J connectivity index is 2.68. The van der Waals surface area contributed by atoms with Gasteiger partial charge in [-0.1, -0.05) is 11.6 Å². The van der Waals surface area contributed by atoms with E-state index in [1.165, 1.54) is 0 Å². The summed E-state index contributed by atoms with van der Waals surface area (Å²) in [5, 5.41) is 6.25. The molecule has 20 heavy (non-hydrogen) atoms. The topological polar surface area (TPSA) is 59.6 Å². The lowest BCUT2D eigenvalue weighted by atomic mass is 10.3. The predicted molar refractivity (Wildman–Crippen MR) is 83.7 cm³/mol. The molecule has 7 heteroatoms. The van der Waals surface area contributed by atoms with Crippen LogP contribution in [0.15, 0.2) is 16.6 Å². The van der Waals surface area contributed by atoms with Gasteiger partial charge >= 0.3 is 0 Å². The summed E-state index contributed by atoms with van der Waals surface area (Å²) in [6.45, 7) is 3.73. The molecular formula is C13H18BrClN2O3. The van der Waals surface area contributed by atoms with E-state index < -0.39 is 0 Å². The van der Waals surface area contributed by atoms with Gasteiger partial charge in [0.25, 0.3) is 0 Å². The zero-order chi connectivity index (χ0) is 15.0. The quantitative estimate of drug-likeness (QED) is 0.695. The summed E-state index contributed by atoms with van der Waals surface area (Å²) in [5.74, 6) is 0.401. The molecule has 0 unspecified atom stereocenters. The van der Waals surface area contributed by atoms with Crippen molar-refractivity contribution in [1.82, 2.24) is 5.32 Å². The van der Waals surface area contributed by atoms with Crippen LogP contribution >= 0.6 is 27.5 Å². The number of methoxy groups -OCH3 is 1. The Morgan fingerprint density at radius 2 is 2.20 bits per heavy atom. The highest BCUT2D eigenvalue weighted by Gasteiger charge is 2.12. The van der Waals surface area contributed by atoms with Crippen molar-refractivity contribution >= 4 is 39.1 Å². The molecule has 0 saturated carbocycles. The van der Waals surface area contributed by atoms with Crippen LogP contribution in [0.2, 0.25) is 5.02 Å². The third-order valence-electron chi connectivity index (χ3n) is 2.34. The molecule has 0 aliphatic rings. The maximum atomic E-state index is 11.8. The molecule has 1 rings (SSSR count). The van der Waals surface area contributed by atoms with Gasteiger partial charge in [-0.2, -0.15) is 0 Å². The number of amides is 1. The molecule has 112 valence electrons. The number of nitrogens with one attached hydrogen (secondary N) is 2. The number of hydrogen-bond acceptors (Lipinski definition) is 4. The minimum atomic E-state index is -0.170. The highest BCUT2D eigenvalue weighted by Crippen LogP contribution is 2.36. The molecule has 1 aromatic carbocycles. The summed E-state index contributed by atoms with van der Waals surface area (Å²) in [4.78, 5) is 11.8. The van der Waals surface area contributed by atoms with Crippen molar-refractivity contribution in [2.45, 2.75) is 6.92 Å². The van der Waals surface area contributed by atoms with Gasteiger partial charge in [-0.3, -0.25) is 4.79 Å². The van der Waals surface area contributed by atoms with Crippen molar-refractivity contribution in [3.05, 3.63) is 21.6 Å². The van der Waals surface area contributed by atoms with Gasteiger partial charge in [-0.15, -0.1) is 0 Å². The minimum absolute atomic E-state index is 0.170. The molecular weight excluding hydrogens is 348 g/mol. The molecule has 0 spiro atoms. The van der Waals surface area contributed by atoms with E-state index in [2.05, 4.69) is 26.6 Å². The van der Waals surface area contributed by atoms with Gasteiger partial charge in [-0.25, -0.2) is 0 Å². The van der Waals surface area contributed by atoms with Gasteiger partial charge in [0.2, 0.25) is 5.91 Å². The Labute approximate surface area is 132 Å². The van der Waals surface area contributed by atoms with E-state index in [1.54, 1.807) is 19.2 Å². The molecule has 0 heterocycles. The van der Waals surface area contributed by atoms with E-state index in [0.29, 0.717) is 40.7 Å². The van der Waals surface area contributed by atoms with Crippen molar-refractivity contribution < 1.29 is 14.3 Å². The van der Waals surface area contributed by atoms with Crippen LogP contribution in [0.5, 0.6) is 5.75 Å². The van der Waals surface area contributed by atoms with E-state index in [0.717, 1.165) is 0 Å². The van der Waals surface area contributed by atoms with E-state index in [-0.39, 0.29) is 12.5 Å². The van der Waals surface area contributed by atoms with Crippen LogP contribution in [0.1, 0.15) is 6.92 Å². The van der Waals surface area contributed by atoms with Crippen molar-refractivity contribution in [3.63, 3.8) is 0 Å². The van der Waals surface area contributed by atoms with Crippen molar-refractivity contribution in [3.8, 4) is 5.75 Å². The summed E-state index contributed by atoms with van der Waals surface area (Å²) >= 11 is 9.35. The molecule has 1 amide bonds. The third-order valence-corrected chi connectivity index (χ3v) is 3.15. The summed E-state index contributed by atoms with van der Waals surface area (Å²) in [6, 6.07) is 3.38. The predicted octanol–water partition coefficient (Wildman–Crippen LogP) is 2.68. The number of rotatable bonds is 8. The second-order valence-corrected chi connectivity index (χ2v) is 5.21. The van der Waals surface area contributed by atoms with Gasteiger partial charge in [0.05, 0.1) is 29.9 Å². The number of halogens is 2. The Bertz CT molecular complexity index is 457. The largest absolute Gasteiger partial charge is 0.491 e. The lowest BCUT2D eigenvalue weighted by Gasteiger charge is -2.14. The standard InChI is InChI=1S/C13H18BrClN2O3/c1-3-20-13-10(14)6-9(15)7-11(13)17-12(18)8-16-4-5-19-2/h6-7,16H,3-5,8H2,1-2H3,(H,17,18). The average molecular weight is 366 g/mol. The molecule has 0 aliphatic heterocycles. The Kier molecular flexibility index (Phi) is 7.91. The molecule has 1 aromatic rings. The number of anilines is 1. The van der Waals surface area contributed by atoms with Crippen molar-refractivity contribution in [2.24, 2.45) is 0 Å². The fourth-order valence-electron chi connectivity index (χ4n) is 1.51. The molecule has 0 bridgehead atoms. The fourth-order valence-corrected chi connectivity index (χ4v) is 2.44. The molecule has 0 saturated heterocycles. The van der Waals surface area contributed by atoms with Gasteiger partial charge in [-0.05, 0) is 35.0 Å². The Morgan fingerprint density at radius 3 is 2.85 bits per heavy atom. The molecule has 0 fully saturated rings. The smallest absolute Gasteiger partial charge is 0.238 e. The van der Waals surface area contributed by atoms with Crippen molar-refractivity contribution in [2.75, 3.05) is 38.7 Å². The minimum Gasteiger partial charge on any atom is -0.491 e. The van der Waals surface area contributed by atoms with Gasteiger partial charge in [0, 0.05) is 18.7 Å². The monoisotopic (exact) mass is 364 g/mol. The number of carbonyl (C=O) groups excluding carboxylic acids is 1. The second kappa shape index (κ2) is 9.18. The summed E-state index contributed by atoms with van der Waals surface area (Å²) in [6.07, 6.45) is 0. The van der Waals surface area contributed by atoms with Crippen LogP contribution in [-0.2, 0) is 9.53 Å². The summed E-state index contributed by atoms with van der Waals surface area (Å²) in [5.41, 5.74) is 0.546.